The van der Waals surface area contributed by atoms with Gasteiger partial charge >= 0.3 is 0 Å². The van der Waals surface area contributed by atoms with Crippen LogP contribution in [0.5, 0.6) is 0 Å². The number of sulfone groups is 1. The Hall–Kier alpha value is -1.03. The summed E-state index contributed by atoms with van der Waals surface area (Å²) in [4.78, 5) is 18.7. The minimum atomic E-state index is -3.36. The molecule has 0 aromatic carbocycles. The summed E-state index contributed by atoms with van der Waals surface area (Å²) in [5, 5.41) is 4.96. The van der Waals surface area contributed by atoms with E-state index >= 15 is 0 Å². The van der Waals surface area contributed by atoms with Crippen molar-refractivity contribution < 1.29 is 17.9 Å². The van der Waals surface area contributed by atoms with Gasteiger partial charge in [0.05, 0.1) is 23.7 Å². The average molecular weight is 404 g/mol. The van der Waals surface area contributed by atoms with Crippen LogP contribution >= 0.6 is 11.3 Å². The van der Waals surface area contributed by atoms with Crippen molar-refractivity contribution in [2.24, 2.45) is 0 Å². The summed E-state index contributed by atoms with van der Waals surface area (Å²) >= 11 is 1.32. The van der Waals surface area contributed by atoms with Crippen LogP contribution in [-0.4, -0.2) is 61.0 Å². The zero-order chi connectivity index (χ0) is 19.2. The van der Waals surface area contributed by atoms with Gasteiger partial charge in [-0.05, 0) is 20.3 Å². The Morgan fingerprint density at radius 2 is 2.04 bits per heavy atom. The summed E-state index contributed by atoms with van der Waals surface area (Å²) in [6.45, 7) is 8.50. The lowest BCUT2D eigenvalue weighted by atomic mass is 10.2. The quantitative estimate of drug-likeness (QED) is 0.637. The van der Waals surface area contributed by atoms with Crippen LogP contribution in [0.2, 0.25) is 0 Å². The first kappa shape index (κ1) is 21.3. The van der Waals surface area contributed by atoms with Gasteiger partial charge in [-0.3, -0.25) is 9.69 Å². The smallest absolute Gasteiger partial charge is 0.241 e. The molecule has 148 valence electrons. The summed E-state index contributed by atoms with van der Waals surface area (Å²) in [5.41, 5.74) is 0.873. The lowest BCUT2D eigenvalue weighted by molar-refractivity contribution is -0.113. The maximum atomic E-state index is 12.0. The monoisotopic (exact) mass is 403 g/mol. The second kappa shape index (κ2) is 9.77. The SMILES string of the molecule is CCCCCS(=O)(=O)CC(=O)Nc1nc(CN2CC(C)OC(C)C2)cs1. The summed E-state index contributed by atoms with van der Waals surface area (Å²) in [6.07, 6.45) is 2.79. The van der Waals surface area contributed by atoms with Crippen molar-refractivity contribution in [2.75, 3.05) is 29.9 Å². The normalized spacial score (nSPS) is 21.7. The molecule has 2 heterocycles. The molecule has 1 fully saturated rings. The minimum absolute atomic E-state index is 0.0603. The molecule has 1 amide bonds. The van der Waals surface area contributed by atoms with E-state index in [9.17, 15) is 13.2 Å². The van der Waals surface area contributed by atoms with Crippen molar-refractivity contribution in [2.45, 2.75) is 58.8 Å². The van der Waals surface area contributed by atoms with Crippen LogP contribution in [0.25, 0.3) is 0 Å². The van der Waals surface area contributed by atoms with Crippen LogP contribution in [0.4, 0.5) is 5.13 Å². The van der Waals surface area contributed by atoms with Crippen molar-refractivity contribution in [1.29, 1.82) is 0 Å². The average Bonchev–Trinajstić information content (AvgIpc) is 2.92. The number of ether oxygens (including phenoxy) is 1. The number of rotatable bonds is 9. The number of aromatic nitrogens is 1. The molecule has 2 unspecified atom stereocenters. The van der Waals surface area contributed by atoms with E-state index in [4.69, 9.17) is 4.74 Å². The van der Waals surface area contributed by atoms with Gasteiger partial charge in [-0.25, -0.2) is 13.4 Å². The Morgan fingerprint density at radius 3 is 2.69 bits per heavy atom. The largest absolute Gasteiger partial charge is 0.373 e. The van der Waals surface area contributed by atoms with E-state index in [2.05, 4.69) is 29.0 Å². The minimum Gasteiger partial charge on any atom is -0.373 e. The Kier molecular flexibility index (Phi) is 8.00. The summed E-state index contributed by atoms with van der Waals surface area (Å²) in [5.74, 6) is -0.939. The van der Waals surface area contributed by atoms with Gasteiger partial charge in [0.25, 0.3) is 0 Å². The van der Waals surface area contributed by atoms with Gasteiger partial charge in [-0.2, -0.15) is 0 Å². The van der Waals surface area contributed by atoms with Crippen LogP contribution in [0, 0.1) is 0 Å². The van der Waals surface area contributed by atoms with Crippen molar-refractivity contribution in [3.05, 3.63) is 11.1 Å². The first-order chi connectivity index (χ1) is 12.3. The number of amides is 1. The number of unbranched alkanes of at least 4 members (excludes halogenated alkanes) is 2. The van der Waals surface area contributed by atoms with Crippen LogP contribution < -0.4 is 5.32 Å². The maximum absolute atomic E-state index is 12.0. The molecule has 0 bridgehead atoms. The van der Waals surface area contributed by atoms with E-state index in [1.807, 2.05) is 12.3 Å². The zero-order valence-corrected chi connectivity index (χ0v) is 17.4. The molecule has 1 aliphatic heterocycles. The Labute approximate surface area is 160 Å². The van der Waals surface area contributed by atoms with Crippen LogP contribution in [0.3, 0.4) is 0 Å². The second-order valence-electron chi connectivity index (χ2n) is 6.94. The van der Waals surface area contributed by atoms with Crippen molar-refractivity contribution in [3.8, 4) is 0 Å². The molecular formula is C17H29N3O4S2. The first-order valence-electron chi connectivity index (χ1n) is 9.10. The second-order valence-corrected chi connectivity index (χ2v) is 9.98. The van der Waals surface area contributed by atoms with Crippen LogP contribution in [0.1, 0.15) is 45.7 Å². The molecule has 1 aliphatic rings. The first-order valence-corrected chi connectivity index (χ1v) is 11.8. The highest BCUT2D eigenvalue weighted by Gasteiger charge is 2.23. The number of nitrogens with zero attached hydrogens (tertiary/aromatic N) is 2. The van der Waals surface area contributed by atoms with Crippen LogP contribution in [-0.2, 0) is 25.9 Å². The number of nitrogens with one attached hydrogen (secondary N) is 1. The Morgan fingerprint density at radius 1 is 1.35 bits per heavy atom. The fourth-order valence-corrected chi connectivity index (χ4v) is 5.06. The zero-order valence-electron chi connectivity index (χ0n) is 15.7. The molecule has 9 heteroatoms. The third-order valence-electron chi connectivity index (χ3n) is 4.09. The molecule has 0 radical (unpaired) electrons. The molecule has 0 aliphatic carbocycles. The standard InChI is InChI=1S/C17H29N3O4S2/c1-4-5-6-7-26(22,23)12-16(21)19-17-18-15(11-25-17)10-20-8-13(2)24-14(3)9-20/h11,13-14H,4-10,12H2,1-3H3,(H,18,19,21). The van der Waals surface area contributed by atoms with E-state index in [1.165, 1.54) is 11.3 Å². The molecular weight excluding hydrogens is 374 g/mol. The molecule has 0 spiro atoms. The third-order valence-corrected chi connectivity index (χ3v) is 6.51. The van der Waals surface area contributed by atoms with Gasteiger partial charge in [-0.15, -0.1) is 11.3 Å². The number of hydrogen-bond donors (Lipinski definition) is 1. The van der Waals surface area contributed by atoms with Gasteiger partial charge in [0.1, 0.15) is 5.75 Å². The molecule has 1 N–H and O–H groups in total. The molecule has 2 atom stereocenters. The van der Waals surface area contributed by atoms with E-state index in [1.54, 1.807) is 0 Å². The molecule has 7 nitrogen and oxygen atoms in total. The number of morpholine rings is 1. The van der Waals surface area contributed by atoms with Gasteiger partial charge in [0.15, 0.2) is 15.0 Å². The van der Waals surface area contributed by atoms with Gasteiger partial charge < -0.3 is 10.1 Å². The van der Waals surface area contributed by atoms with Crippen molar-refractivity contribution in [1.82, 2.24) is 9.88 Å². The molecule has 0 saturated carbocycles. The van der Waals surface area contributed by atoms with Gasteiger partial charge in [-0.1, -0.05) is 19.8 Å². The molecule has 1 aromatic heterocycles. The molecule has 1 aromatic rings. The van der Waals surface area contributed by atoms with Crippen LogP contribution in [0.15, 0.2) is 5.38 Å². The van der Waals surface area contributed by atoms with E-state index < -0.39 is 21.5 Å². The van der Waals surface area contributed by atoms with Crippen molar-refractivity contribution in [3.63, 3.8) is 0 Å². The fourth-order valence-electron chi connectivity index (χ4n) is 3.08. The highest BCUT2D eigenvalue weighted by Crippen LogP contribution is 2.19. The fraction of sp³-hybridized carbons (Fsp3) is 0.765. The maximum Gasteiger partial charge on any atom is 0.241 e. The number of carbonyl (C=O) groups excluding carboxylic acids is 1. The Balaban J connectivity index is 1.82. The number of hydrogen-bond acceptors (Lipinski definition) is 7. The number of anilines is 1. The van der Waals surface area contributed by atoms with Crippen molar-refractivity contribution >= 4 is 32.2 Å². The van der Waals surface area contributed by atoms with E-state index in [-0.39, 0.29) is 18.0 Å². The third kappa shape index (κ3) is 7.30. The lowest BCUT2D eigenvalue weighted by Crippen LogP contribution is -2.44. The van der Waals surface area contributed by atoms with E-state index in [0.717, 1.165) is 31.6 Å². The molecule has 1 saturated heterocycles. The topological polar surface area (TPSA) is 88.6 Å². The highest BCUT2D eigenvalue weighted by atomic mass is 32.2. The number of thiazole rings is 1. The molecule has 26 heavy (non-hydrogen) atoms. The summed E-state index contributed by atoms with van der Waals surface area (Å²) in [7, 11) is -3.36. The van der Waals surface area contributed by atoms with E-state index in [0.29, 0.717) is 18.1 Å². The predicted molar refractivity (Wildman–Crippen MR) is 104 cm³/mol. The summed E-state index contributed by atoms with van der Waals surface area (Å²) in [6, 6.07) is 0. The van der Waals surface area contributed by atoms with Gasteiger partial charge in [0, 0.05) is 25.0 Å². The van der Waals surface area contributed by atoms with Gasteiger partial charge in [0.2, 0.25) is 5.91 Å². The summed E-state index contributed by atoms with van der Waals surface area (Å²) < 4.78 is 29.6. The number of carbonyl (C=O) groups is 1. The highest BCUT2D eigenvalue weighted by molar-refractivity contribution is 7.92. The Bertz CT molecular complexity index is 680. The predicted octanol–water partition coefficient (Wildman–Crippen LogP) is 2.30. The lowest BCUT2D eigenvalue weighted by Gasteiger charge is -2.34. The molecule has 2 rings (SSSR count).